The van der Waals surface area contributed by atoms with Gasteiger partial charge in [0.25, 0.3) is 0 Å². The van der Waals surface area contributed by atoms with Crippen molar-refractivity contribution in [3.63, 3.8) is 0 Å². The van der Waals surface area contributed by atoms with Crippen molar-refractivity contribution in [3.8, 4) is 33.8 Å². The van der Waals surface area contributed by atoms with Crippen molar-refractivity contribution in [2.24, 2.45) is 0 Å². The van der Waals surface area contributed by atoms with Crippen molar-refractivity contribution in [2.45, 2.75) is 58.3 Å². The Labute approximate surface area is 293 Å². The van der Waals surface area contributed by atoms with Gasteiger partial charge in [0.15, 0.2) is 0 Å². The third-order valence-electron chi connectivity index (χ3n) is 10.1. The number of rotatable bonds is 12. The molecule has 2 fully saturated rings. The third-order valence-corrected chi connectivity index (χ3v) is 10.4. The minimum absolute atomic E-state index is 0.135. The van der Waals surface area contributed by atoms with Gasteiger partial charge in [-0.05, 0) is 96.9 Å². The van der Waals surface area contributed by atoms with E-state index in [9.17, 15) is 4.79 Å². The average Bonchev–Trinajstić information content (AvgIpc) is 3.88. The lowest BCUT2D eigenvalue weighted by atomic mass is 9.91. The molecule has 0 bridgehead atoms. The van der Waals surface area contributed by atoms with Crippen LogP contribution in [0.2, 0.25) is 5.02 Å². The van der Waals surface area contributed by atoms with Gasteiger partial charge in [0.05, 0.1) is 32.5 Å². The van der Waals surface area contributed by atoms with Crippen LogP contribution in [0.25, 0.3) is 33.2 Å². The maximum Gasteiger partial charge on any atom is 0.220 e. The zero-order chi connectivity index (χ0) is 33.9. The molecule has 8 nitrogen and oxygen atoms in total. The Morgan fingerprint density at radius 3 is 2.43 bits per heavy atom. The van der Waals surface area contributed by atoms with E-state index in [-0.39, 0.29) is 11.9 Å². The van der Waals surface area contributed by atoms with E-state index in [2.05, 4.69) is 89.2 Å². The smallest absolute Gasteiger partial charge is 0.220 e. The molecular weight excluding hydrogens is 634 g/mol. The van der Waals surface area contributed by atoms with Crippen LogP contribution in [0.5, 0.6) is 11.5 Å². The Morgan fingerprint density at radius 2 is 1.65 bits per heavy atom. The number of aromatic nitrogens is 2. The van der Waals surface area contributed by atoms with E-state index in [1.807, 2.05) is 10.9 Å². The zero-order valence-corrected chi connectivity index (χ0v) is 29.3. The van der Waals surface area contributed by atoms with E-state index in [0.717, 1.165) is 99.0 Å². The second kappa shape index (κ2) is 14.6. The number of amides is 1. The molecule has 4 aromatic carbocycles. The Balaban J connectivity index is 1.13. The summed E-state index contributed by atoms with van der Waals surface area (Å²) in [4.78, 5) is 14.0. The summed E-state index contributed by atoms with van der Waals surface area (Å²) in [6, 6.07) is 23.6. The van der Waals surface area contributed by atoms with Gasteiger partial charge in [-0.2, -0.15) is 5.10 Å². The number of halogens is 1. The van der Waals surface area contributed by atoms with Crippen LogP contribution in [0.1, 0.15) is 47.9 Å². The molecule has 49 heavy (non-hydrogen) atoms. The number of ether oxygens (including phenoxy) is 2. The first-order valence-electron chi connectivity index (χ1n) is 17.2. The highest BCUT2D eigenvalue weighted by atomic mass is 35.5. The summed E-state index contributed by atoms with van der Waals surface area (Å²) in [6.45, 7) is 7.23. The molecule has 254 valence electrons. The number of nitrogens with one attached hydrogen (secondary N) is 2. The molecule has 7 rings (SSSR count). The van der Waals surface area contributed by atoms with Crippen molar-refractivity contribution in [3.05, 3.63) is 100 Å². The molecule has 1 atom stereocenters. The van der Waals surface area contributed by atoms with Crippen molar-refractivity contribution in [1.29, 1.82) is 0 Å². The second-order valence-electron chi connectivity index (χ2n) is 13.2. The lowest BCUT2D eigenvalue weighted by Crippen LogP contribution is -2.35. The van der Waals surface area contributed by atoms with Crippen LogP contribution in [0, 0.1) is 6.92 Å². The molecule has 2 saturated heterocycles. The van der Waals surface area contributed by atoms with Crippen molar-refractivity contribution in [1.82, 2.24) is 25.3 Å². The van der Waals surface area contributed by atoms with Gasteiger partial charge in [0.1, 0.15) is 11.5 Å². The van der Waals surface area contributed by atoms with Gasteiger partial charge in [0.2, 0.25) is 5.91 Å². The maximum absolute atomic E-state index is 11.5. The number of carbonyl (C=O) groups is 1. The summed E-state index contributed by atoms with van der Waals surface area (Å²) < 4.78 is 13.7. The minimum Gasteiger partial charge on any atom is -0.496 e. The van der Waals surface area contributed by atoms with Gasteiger partial charge < -0.3 is 20.1 Å². The highest BCUT2D eigenvalue weighted by Gasteiger charge is 2.21. The van der Waals surface area contributed by atoms with Crippen molar-refractivity contribution < 1.29 is 14.3 Å². The van der Waals surface area contributed by atoms with Gasteiger partial charge in [-0.15, -0.1) is 0 Å². The molecule has 9 heteroatoms. The average molecular weight is 678 g/mol. The summed E-state index contributed by atoms with van der Waals surface area (Å²) in [5.41, 5.74) is 9.99. The molecule has 0 spiro atoms. The zero-order valence-electron chi connectivity index (χ0n) is 28.5. The van der Waals surface area contributed by atoms with E-state index < -0.39 is 0 Å². The quantitative estimate of drug-likeness (QED) is 0.144. The van der Waals surface area contributed by atoms with E-state index in [0.29, 0.717) is 19.5 Å². The van der Waals surface area contributed by atoms with E-state index >= 15 is 0 Å². The van der Waals surface area contributed by atoms with Crippen LogP contribution in [0.4, 0.5) is 0 Å². The number of fused-ring (bicyclic) bond motifs is 1. The molecule has 5 aromatic rings. The highest BCUT2D eigenvalue weighted by molar-refractivity contribution is 6.31. The monoisotopic (exact) mass is 677 g/mol. The molecule has 0 radical (unpaired) electrons. The number of benzene rings is 4. The van der Waals surface area contributed by atoms with Crippen molar-refractivity contribution >= 4 is 28.4 Å². The molecule has 0 aliphatic carbocycles. The Morgan fingerprint density at radius 1 is 0.898 bits per heavy atom. The van der Waals surface area contributed by atoms with Crippen LogP contribution in [-0.4, -0.2) is 60.5 Å². The predicted molar refractivity (Wildman–Crippen MR) is 196 cm³/mol. The third kappa shape index (κ3) is 7.04. The molecule has 1 amide bonds. The Kier molecular flexibility index (Phi) is 9.89. The number of methoxy groups -OCH3 is 2. The van der Waals surface area contributed by atoms with Gasteiger partial charge >= 0.3 is 0 Å². The summed E-state index contributed by atoms with van der Waals surface area (Å²) in [5.74, 6) is 1.85. The Bertz CT molecular complexity index is 1980. The van der Waals surface area contributed by atoms with Crippen LogP contribution in [-0.2, 0) is 24.4 Å². The van der Waals surface area contributed by atoms with Gasteiger partial charge in [-0.3, -0.25) is 14.4 Å². The van der Waals surface area contributed by atoms with Crippen LogP contribution < -0.4 is 20.1 Å². The van der Waals surface area contributed by atoms with Gasteiger partial charge in [0, 0.05) is 53.6 Å². The largest absolute Gasteiger partial charge is 0.496 e. The minimum atomic E-state index is 0.135. The topological polar surface area (TPSA) is 80.7 Å². The highest BCUT2D eigenvalue weighted by Crippen LogP contribution is 2.38. The first-order valence-corrected chi connectivity index (χ1v) is 17.6. The first kappa shape index (κ1) is 33.1. The van der Waals surface area contributed by atoms with E-state index in [4.69, 9.17) is 26.2 Å². The SMILES string of the molecule is COc1cc(-c2cccc(-c3cccc4c3cnn4Cc3cc(OC)c(CN4CCCC4)cc3Cl)c2C)ccc1CNC[C@@H]1CCC(=O)N1. The van der Waals surface area contributed by atoms with Crippen LogP contribution in [0.3, 0.4) is 0 Å². The predicted octanol–water partition coefficient (Wildman–Crippen LogP) is 7.36. The molecular formula is C40H44ClN5O3. The lowest BCUT2D eigenvalue weighted by Gasteiger charge is -2.18. The maximum atomic E-state index is 11.5. The summed E-state index contributed by atoms with van der Waals surface area (Å²) >= 11 is 6.88. The number of likely N-dealkylation sites (tertiary alicyclic amines) is 1. The molecule has 2 aliphatic heterocycles. The fourth-order valence-corrected chi connectivity index (χ4v) is 7.63. The number of nitrogens with zero attached hydrogens (tertiary/aromatic N) is 3. The molecule has 3 heterocycles. The van der Waals surface area contributed by atoms with Crippen molar-refractivity contribution in [2.75, 3.05) is 33.9 Å². The number of hydrogen-bond acceptors (Lipinski definition) is 6. The molecule has 2 N–H and O–H groups in total. The molecule has 2 aliphatic rings. The summed E-state index contributed by atoms with van der Waals surface area (Å²) in [6.07, 6.45) is 5.94. The Hall–Kier alpha value is -4.37. The normalized spacial score (nSPS) is 16.4. The number of hydrogen-bond donors (Lipinski definition) is 2. The van der Waals surface area contributed by atoms with Crippen LogP contribution in [0.15, 0.2) is 72.9 Å². The lowest BCUT2D eigenvalue weighted by molar-refractivity contribution is -0.119. The van der Waals surface area contributed by atoms with E-state index in [1.54, 1.807) is 14.2 Å². The molecule has 1 aromatic heterocycles. The summed E-state index contributed by atoms with van der Waals surface area (Å²) in [7, 11) is 3.45. The standard InChI is InChI=1S/C40H44ClN5O3/c1-26-32(27-12-13-28(38(19-27)48-2)21-42-22-31-14-15-40(47)44-31)8-6-9-33(26)34-10-7-11-37-35(34)23-43-46(37)25-29-20-39(49-3)30(18-36(29)41)24-45-16-4-5-17-45/h6-13,18-20,23,31,42H,4-5,14-17,21-22,24-25H2,1-3H3,(H,44,47)/t31-/m0/s1. The van der Waals surface area contributed by atoms with Gasteiger partial charge in [-0.1, -0.05) is 54.1 Å². The van der Waals surface area contributed by atoms with Gasteiger partial charge in [-0.25, -0.2) is 0 Å². The summed E-state index contributed by atoms with van der Waals surface area (Å²) in [5, 5.41) is 13.2. The molecule has 0 unspecified atom stereocenters. The van der Waals surface area contributed by atoms with Crippen LogP contribution >= 0.6 is 11.6 Å². The number of carbonyl (C=O) groups excluding carboxylic acids is 1. The first-order chi connectivity index (χ1) is 23.9. The second-order valence-corrected chi connectivity index (χ2v) is 13.6. The van der Waals surface area contributed by atoms with E-state index in [1.165, 1.54) is 18.4 Å². The fraction of sp³-hybridized carbons (Fsp3) is 0.350. The molecule has 0 saturated carbocycles. The fourth-order valence-electron chi connectivity index (χ4n) is 7.39.